The van der Waals surface area contributed by atoms with Crippen LogP contribution in [-0.4, -0.2) is 89.3 Å². The second-order valence-electron chi connectivity index (χ2n) is 11.6. The summed E-state index contributed by atoms with van der Waals surface area (Å²) in [4.78, 5) is 57.8. The number of esters is 1. The van der Waals surface area contributed by atoms with Gasteiger partial charge in [0.15, 0.2) is 21.8 Å². The van der Waals surface area contributed by atoms with Crippen LogP contribution in [0.2, 0.25) is 5.02 Å². The number of methoxy groups -OCH3 is 1. The Kier molecular flexibility index (Phi) is 9.00. The van der Waals surface area contributed by atoms with E-state index in [4.69, 9.17) is 21.3 Å². The molecule has 0 saturated carbocycles. The molecule has 7 rings (SSSR count). The molecule has 3 aliphatic heterocycles. The third kappa shape index (κ3) is 6.34. The molecule has 5 heterocycles. The summed E-state index contributed by atoms with van der Waals surface area (Å²) in [5.41, 5.74) is 2.11. The van der Waals surface area contributed by atoms with E-state index in [1.807, 2.05) is 5.38 Å². The van der Waals surface area contributed by atoms with Gasteiger partial charge in [-0.3, -0.25) is 19.6 Å². The van der Waals surface area contributed by atoms with Crippen LogP contribution >= 0.6 is 34.3 Å². The topological polar surface area (TPSA) is 120 Å². The zero-order chi connectivity index (χ0) is 34.4. The number of anilines is 1. The molecule has 0 unspecified atom stereocenters. The summed E-state index contributed by atoms with van der Waals surface area (Å²) in [6.45, 7) is 3.47. The van der Waals surface area contributed by atoms with Gasteiger partial charge in [-0.15, -0.1) is 22.7 Å². The van der Waals surface area contributed by atoms with Gasteiger partial charge in [-0.25, -0.2) is 28.3 Å². The Balaban J connectivity index is 1.13. The highest BCUT2D eigenvalue weighted by atomic mass is 35.5. The van der Waals surface area contributed by atoms with E-state index in [0.29, 0.717) is 65.7 Å². The first-order valence-electron chi connectivity index (χ1n) is 15.2. The number of carbonyl (C=O) groups is 3. The highest BCUT2D eigenvalue weighted by Crippen LogP contribution is 2.38. The van der Waals surface area contributed by atoms with E-state index in [9.17, 15) is 23.2 Å². The van der Waals surface area contributed by atoms with Gasteiger partial charge in [0.25, 0.3) is 0 Å². The average molecular weight is 724 g/mol. The number of urea groups is 1. The SMILES string of the molecule is COC(=O)C1=C(CN2CCN3C(=O)N(c4nc(-c5ccc(C(C)=O)cc5F)cs4)C[C@@H]3C2)NC(c2nccs2)=N[C@H]1c1ccc(F)cc1Cl. The Bertz CT molecular complexity index is 2040. The van der Waals surface area contributed by atoms with Crippen LogP contribution in [-0.2, 0) is 9.53 Å². The first kappa shape index (κ1) is 33.0. The minimum absolute atomic E-state index is 0.120. The van der Waals surface area contributed by atoms with E-state index in [1.54, 1.807) is 27.4 Å². The van der Waals surface area contributed by atoms with Crippen molar-refractivity contribution in [3.63, 3.8) is 0 Å². The lowest BCUT2D eigenvalue weighted by Gasteiger charge is -2.38. The normalized spacial score (nSPS) is 19.5. The van der Waals surface area contributed by atoms with Crippen LogP contribution in [0.25, 0.3) is 11.3 Å². The Morgan fingerprint density at radius 1 is 1.12 bits per heavy atom. The number of carbonyl (C=O) groups excluding carboxylic acids is 3. The van der Waals surface area contributed by atoms with Crippen molar-refractivity contribution in [1.29, 1.82) is 0 Å². The number of rotatable bonds is 8. The molecule has 2 aromatic heterocycles. The summed E-state index contributed by atoms with van der Waals surface area (Å²) in [6.07, 6.45) is 1.65. The number of hydrogen-bond acceptors (Lipinski definition) is 11. The number of hydrogen-bond donors (Lipinski definition) is 1. The predicted octanol–water partition coefficient (Wildman–Crippen LogP) is 5.55. The van der Waals surface area contributed by atoms with Gasteiger partial charge in [0.2, 0.25) is 0 Å². The van der Waals surface area contributed by atoms with E-state index >= 15 is 0 Å². The fourth-order valence-corrected chi connectivity index (χ4v) is 7.91. The van der Waals surface area contributed by atoms with Crippen molar-refractivity contribution in [2.45, 2.75) is 19.0 Å². The molecule has 0 radical (unpaired) electrons. The van der Waals surface area contributed by atoms with Gasteiger partial charge >= 0.3 is 12.0 Å². The molecular weight excluding hydrogens is 696 g/mol. The van der Waals surface area contributed by atoms with Crippen molar-refractivity contribution in [2.75, 3.05) is 44.7 Å². The van der Waals surface area contributed by atoms with Gasteiger partial charge < -0.3 is 15.0 Å². The summed E-state index contributed by atoms with van der Waals surface area (Å²) in [5.74, 6) is -1.48. The van der Waals surface area contributed by atoms with Crippen LogP contribution in [0.5, 0.6) is 0 Å². The number of thiazole rings is 2. The zero-order valence-electron chi connectivity index (χ0n) is 26.2. The summed E-state index contributed by atoms with van der Waals surface area (Å²) in [5, 5.41) is 7.98. The molecule has 2 saturated heterocycles. The molecule has 16 heteroatoms. The highest BCUT2D eigenvalue weighted by molar-refractivity contribution is 7.14. The maximum Gasteiger partial charge on any atom is 0.338 e. The third-order valence-corrected chi connectivity index (χ3v) is 10.6. The Labute approximate surface area is 292 Å². The molecule has 1 N–H and O–H groups in total. The Morgan fingerprint density at radius 2 is 1.96 bits per heavy atom. The third-order valence-electron chi connectivity index (χ3n) is 8.62. The molecule has 2 aromatic carbocycles. The fraction of sp³-hybridized carbons (Fsp3) is 0.273. The molecule has 2 fully saturated rings. The van der Waals surface area contributed by atoms with Gasteiger partial charge in [0.1, 0.15) is 17.7 Å². The molecule has 4 aromatic rings. The van der Waals surface area contributed by atoms with E-state index in [2.05, 4.69) is 20.2 Å². The lowest BCUT2D eigenvalue weighted by molar-refractivity contribution is -0.136. The first-order valence-corrected chi connectivity index (χ1v) is 17.3. The lowest BCUT2D eigenvalue weighted by atomic mass is 9.95. The van der Waals surface area contributed by atoms with Crippen molar-refractivity contribution < 1.29 is 27.9 Å². The van der Waals surface area contributed by atoms with E-state index in [1.165, 1.54) is 67.0 Å². The van der Waals surface area contributed by atoms with Crippen LogP contribution in [0.3, 0.4) is 0 Å². The van der Waals surface area contributed by atoms with Crippen molar-refractivity contribution in [3.8, 4) is 11.3 Å². The number of nitrogens with one attached hydrogen (secondary N) is 1. The number of Topliss-reactive ketones (excluding diaryl/α,β-unsaturated/α-hetero) is 1. The van der Waals surface area contributed by atoms with Gasteiger partial charge in [-0.1, -0.05) is 23.7 Å². The molecule has 3 aliphatic rings. The van der Waals surface area contributed by atoms with E-state index in [-0.39, 0.29) is 39.6 Å². The minimum Gasteiger partial charge on any atom is -0.466 e. The highest BCUT2D eigenvalue weighted by Gasteiger charge is 2.43. The summed E-state index contributed by atoms with van der Waals surface area (Å²) in [6, 6.07) is 6.97. The first-order chi connectivity index (χ1) is 23.6. The minimum atomic E-state index is -0.886. The second-order valence-corrected chi connectivity index (χ2v) is 13.8. The number of piperazine rings is 1. The van der Waals surface area contributed by atoms with E-state index in [0.717, 1.165) is 0 Å². The number of ketones is 1. The number of aliphatic imine (C=N–C) groups is 1. The van der Waals surface area contributed by atoms with E-state index < -0.39 is 23.6 Å². The predicted molar refractivity (Wildman–Crippen MR) is 182 cm³/mol. The molecule has 252 valence electrons. The average Bonchev–Trinajstić information content (AvgIpc) is 3.85. The van der Waals surface area contributed by atoms with Gasteiger partial charge in [-0.2, -0.15) is 0 Å². The van der Waals surface area contributed by atoms with Gasteiger partial charge in [0, 0.05) is 70.5 Å². The largest absolute Gasteiger partial charge is 0.466 e. The van der Waals surface area contributed by atoms with Crippen LogP contribution in [0, 0.1) is 11.6 Å². The Morgan fingerprint density at radius 3 is 2.67 bits per heavy atom. The molecular formula is C33H28ClF2N7O4S2. The Hall–Kier alpha value is -4.57. The second kappa shape index (κ2) is 13.4. The maximum atomic E-state index is 14.8. The molecule has 0 spiro atoms. The van der Waals surface area contributed by atoms with Crippen molar-refractivity contribution in [2.24, 2.45) is 4.99 Å². The molecule has 49 heavy (non-hydrogen) atoms. The molecule has 2 atom stereocenters. The number of benzene rings is 2. The molecule has 11 nitrogen and oxygen atoms in total. The zero-order valence-corrected chi connectivity index (χ0v) is 28.5. The van der Waals surface area contributed by atoms with Crippen molar-refractivity contribution in [3.05, 3.63) is 97.4 Å². The summed E-state index contributed by atoms with van der Waals surface area (Å²) in [7, 11) is 1.29. The number of nitrogens with zero attached hydrogens (tertiary/aromatic N) is 6. The van der Waals surface area contributed by atoms with Gasteiger partial charge in [-0.05, 0) is 31.2 Å². The number of amides is 2. The van der Waals surface area contributed by atoms with Gasteiger partial charge in [0.05, 0.1) is 31.0 Å². The number of halogens is 3. The smallest absolute Gasteiger partial charge is 0.338 e. The summed E-state index contributed by atoms with van der Waals surface area (Å²) >= 11 is 9.10. The van der Waals surface area contributed by atoms with Crippen LogP contribution in [0.4, 0.5) is 18.7 Å². The number of aromatic nitrogens is 2. The standard InChI is InChI=1S/C33H28ClF2N7O4S2/c1-17(44)18-3-5-22(24(36)11-18)26-16-49-32(39-26)43-14-20-13-41(8-9-42(20)33(43)46)15-25-27(31(45)47-2)28(21-6-4-19(35)12-23(21)34)40-29(38-25)30-37-7-10-48-30/h3-7,10-12,16,20,28H,8-9,13-15H2,1-2H3,(H,38,40)/t20-,28-/m0/s1. The molecule has 2 amide bonds. The quantitative estimate of drug-likeness (QED) is 0.186. The molecule has 0 bridgehead atoms. The number of ether oxygens (including phenoxy) is 1. The maximum absolute atomic E-state index is 14.8. The van der Waals surface area contributed by atoms with Crippen LogP contribution < -0.4 is 10.2 Å². The number of fused-ring (bicyclic) bond motifs is 1. The summed E-state index contributed by atoms with van der Waals surface area (Å²) < 4.78 is 34.1. The molecule has 0 aliphatic carbocycles. The fourth-order valence-electron chi connectivity index (χ4n) is 6.22. The van der Waals surface area contributed by atoms with Crippen LogP contribution in [0.1, 0.15) is 33.9 Å². The lowest BCUT2D eigenvalue weighted by Crippen LogP contribution is -2.53. The van der Waals surface area contributed by atoms with Crippen molar-refractivity contribution in [1.82, 2.24) is 25.1 Å². The van der Waals surface area contributed by atoms with Crippen molar-refractivity contribution >= 4 is 63.0 Å². The number of amidine groups is 1. The van der Waals surface area contributed by atoms with Crippen LogP contribution in [0.15, 0.2) is 69.6 Å². The monoisotopic (exact) mass is 723 g/mol.